The fourth-order valence-electron chi connectivity index (χ4n) is 8.02. The van der Waals surface area contributed by atoms with Crippen LogP contribution in [0.2, 0.25) is 0 Å². The van der Waals surface area contributed by atoms with Crippen LogP contribution in [-0.2, 0) is 44.0 Å². The van der Waals surface area contributed by atoms with Crippen molar-refractivity contribution in [3.63, 3.8) is 0 Å². The van der Waals surface area contributed by atoms with Crippen LogP contribution in [-0.4, -0.2) is 119 Å². The molecule has 12 atom stereocenters. The molecule has 2 aromatic rings. The average molecular weight is 697 g/mol. The van der Waals surface area contributed by atoms with Gasteiger partial charge in [-0.15, -0.1) is 0 Å². The quantitative estimate of drug-likeness (QED) is 0.0963. The van der Waals surface area contributed by atoms with E-state index in [9.17, 15) is 49.0 Å². The molecule has 4 heterocycles. The zero-order valence-corrected chi connectivity index (χ0v) is 25.8. The molecule has 0 amide bonds. The summed E-state index contributed by atoms with van der Waals surface area (Å²) < 4.78 is 62.5. The Morgan fingerprint density at radius 3 is 2.27 bits per heavy atom. The Bertz CT molecular complexity index is 1630. The normalized spacial score (nSPS) is 41.1. The van der Waals surface area contributed by atoms with Crippen molar-refractivity contribution in [3.05, 3.63) is 53.6 Å². The average Bonchev–Trinajstić information content (AvgIpc) is 3.24. The van der Waals surface area contributed by atoms with E-state index in [1.807, 2.05) is 0 Å². The van der Waals surface area contributed by atoms with Crippen LogP contribution in [0.25, 0.3) is 0 Å². The molecule has 18 heteroatoms. The lowest BCUT2D eigenvalue weighted by Crippen LogP contribution is -2.81. The topological polar surface area (TPSA) is 257 Å². The second-order valence-electron chi connectivity index (χ2n) is 12.7. The van der Waals surface area contributed by atoms with Crippen molar-refractivity contribution in [2.75, 3.05) is 13.2 Å². The van der Waals surface area contributed by atoms with Crippen LogP contribution in [0.3, 0.4) is 0 Å². The van der Waals surface area contributed by atoms with Crippen LogP contribution >= 0.6 is 0 Å². The van der Waals surface area contributed by atoms with Gasteiger partial charge in [-0.1, -0.05) is 18.2 Å². The van der Waals surface area contributed by atoms with Crippen molar-refractivity contribution in [2.24, 2.45) is 11.3 Å². The first-order valence-electron chi connectivity index (χ1n) is 14.8. The van der Waals surface area contributed by atoms with Gasteiger partial charge < -0.3 is 59.1 Å². The molecule has 48 heavy (non-hydrogen) atoms. The van der Waals surface area contributed by atoms with Crippen molar-refractivity contribution >= 4 is 23.3 Å². The maximum atomic E-state index is 13.0. The molecule has 0 aromatic heterocycles. The lowest BCUT2D eigenvalue weighted by Gasteiger charge is -2.68. The van der Waals surface area contributed by atoms with E-state index in [2.05, 4.69) is 0 Å². The predicted octanol–water partition coefficient (Wildman–Crippen LogP) is -0.215. The maximum absolute atomic E-state index is 13.0. The number of phenolic OH excluding ortho intramolecular Hbond substituents is 3. The summed E-state index contributed by atoms with van der Waals surface area (Å²) in [5, 5.41) is 61.5. The minimum absolute atomic E-state index is 0.0544. The SMILES string of the molecule is C[C@@]12C[C@@]3(OS(=O)O)O[C@@H](O1)[C@]1(COC(=O)c4ccccc4)[C@H]3C[C@@]12O[C@@H]1O[C@H](COC(=O)c2cc(O)c(O)c(O)c2)[C@@H](O)[C@H](O)[C@H]1O. The molecule has 3 aliphatic carbocycles. The molecule has 4 saturated heterocycles. The standard InChI is InChI=1S/C30H32O17S/c1-27-11-29(47-48(39)40)18-9-30(27,28(18,26(45-27)46-29)12-42-23(37)13-5-3-2-4-6-13)44-25-22(36)21(35)20(34)17(43-25)10-41-24(38)14-7-15(31)19(33)16(32)8-14/h2-8,17-18,20-22,25-26,31-36H,9-12H2,1H3,(H,39,40)/t17-,18-,20-,21+,22-,25+,26-,27+,28+,29+,30+/m1/s1. The van der Waals surface area contributed by atoms with E-state index in [0.717, 1.165) is 12.1 Å². The fraction of sp³-hybridized carbons (Fsp3) is 0.533. The number of carbonyl (C=O) groups is 2. The highest BCUT2D eigenvalue weighted by Crippen LogP contribution is 2.82. The Balaban J connectivity index is 1.14. The predicted molar refractivity (Wildman–Crippen MR) is 153 cm³/mol. The molecular formula is C30H32O17S. The second-order valence-corrected chi connectivity index (χ2v) is 13.3. The van der Waals surface area contributed by atoms with Crippen LogP contribution < -0.4 is 0 Å². The minimum Gasteiger partial charge on any atom is -0.504 e. The molecule has 4 aliphatic heterocycles. The van der Waals surface area contributed by atoms with Crippen molar-refractivity contribution in [2.45, 2.75) is 73.8 Å². The molecule has 17 nitrogen and oxygen atoms in total. The largest absolute Gasteiger partial charge is 0.504 e. The highest BCUT2D eigenvalue weighted by atomic mass is 32.2. The third kappa shape index (κ3) is 4.59. The molecule has 0 radical (unpaired) electrons. The number of hydrogen-bond donors (Lipinski definition) is 7. The number of phenols is 3. The minimum atomic E-state index is -2.74. The summed E-state index contributed by atoms with van der Waals surface area (Å²) in [6.07, 6.45) is -9.84. The summed E-state index contributed by atoms with van der Waals surface area (Å²) in [6.45, 7) is 0.579. The van der Waals surface area contributed by atoms with Gasteiger partial charge in [-0.3, -0.25) is 4.55 Å². The monoisotopic (exact) mass is 696 g/mol. The van der Waals surface area contributed by atoms with E-state index in [4.69, 9.17) is 32.6 Å². The van der Waals surface area contributed by atoms with Crippen molar-refractivity contribution in [1.82, 2.24) is 0 Å². The van der Waals surface area contributed by atoms with Crippen LogP contribution in [0.1, 0.15) is 40.5 Å². The van der Waals surface area contributed by atoms with Crippen LogP contribution in [0.5, 0.6) is 17.2 Å². The molecule has 9 rings (SSSR count). The van der Waals surface area contributed by atoms with Gasteiger partial charge in [-0.25, -0.2) is 13.8 Å². The van der Waals surface area contributed by atoms with Crippen LogP contribution in [0, 0.1) is 11.3 Å². The van der Waals surface area contributed by atoms with Crippen molar-refractivity contribution in [1.29, 1.82) is 0 Å². The van der Waals surface area contributed by atoms with Gasteiger partial charge in [0.05, 0.1) is 16.5 Å². The summed E-state index contributed by atoms with van der Waals surface area (Å²) in [4.78, 5) is 25.7. The van der Waals surface area contributed by atoms with E-state index in [0.29, 0.717) is 0 Å². The summed E-state index contributed by atoms with van der Waals surface area (Å²) in [5.41, 5.74) is -4.24. The summed E-state index contributed by atoms with van der Waals surface area (Å²) in [5.74, 6) is -6.50. The van der Waals surface area contributed by atoms with E-state index in [-0.39, 0.29) is 30.6 Å². The fourth-order valence-corrected chi connectivity index (χ4v) is 8.48. The van der Waals surface area contributed by atoms with Crippen LogP contribution in [0.15, 0.2) is 42.5 Å². The molecule has 7 aliphatic rings. The number of aliphatic hydroxyl groups is 3. The van der Waals surface area contributed by atoms with Crippen molar-refractivity contribution < 1.29 is 81.6 Å². The van der Waals surface area contributed by atoms with Gasteiger partial charge in [0, 0.05) is 12.3 Å². The first kappa shape index (κ1) is 33.1. The first-order chi connectivity index (χ1) is 22.7. The van der Waals surface area contributed by atoms with E-state index in [1.165, 1.54) is 0 Å². The number of aliphatic hydroxyl groups excluding tert-OH is 3. The molecule has 7 fully saturated rings. The van der Waals surface area contributed by atoms with Gasteiger partial charge in [-0.2, -0.15) is 4.21 Å². The molecule has 3 saturated carbocycles. The molecule has 2 aromatic carbocycles. The third-order valence-corrected chi connectivity index (χ3v) is 10.7. The lowest BCUT2D eigenvalue weighted by atomic mass is 9.41. The van der Waals surface area contributed by atoms with Gasteiger partial charge in [0.2, 0.25) is 0 Å². The zero-order chi connectivity index (χ0) is 34.4. The Morgan fingerprint density at radius 1 is 0.938 bits per heavy atom. The van der Waals surface area contributed by atoms with E-state index >= 15 is 0 Å². The first-order valence-corrected chi connectivity index (χ1v) is 15.9. The van der Waals surface area contributed by atoms with Crippen molar-refractivity contribution in [3.8, 4) is 17.2 Å². The maximum Gasteiger partial charge on any atom is 0.338 e. The molecule has 1 unspecified atom stereocenters. The number of ether oxygens (including phenoxy) is 6. The Kier molecular flexibility index (Phi) is 7.79. The summed E-state index contributed by atoms with van der Waals surface area (Å²) in [7, 11) is 0. The number of rotatable bonds is 10. The van der Waals surface area contributed by atoms with E-state index in [1.54, 1.807) is 37.3 Å². The molecule has 260 valence electrons. The van der Waals surface area contributed by atoms with Gasteiger partial charge in [0.25, 0.3) is 0 Å². The molecule has 6 bridgehead atoms. The lowest BCUT2D eigenvalue weighted by molar-refractivity contribution is -0.419. The Labute approximate surface area is 273 Å². The number of hydrogen-bond acceptors (Lipinski definition) is 16. The van der Waals surface area contributed by atoms with Gasteiger partial charge in [0.15, 0.2) is 35.6 Å². The van der Waals surface area contributed by atoms with E-state index < -0.39 is 112 Å². The van der Waals surface area contributed by atoms with Crippen LogP contribution in [0.4, 0.5) is 0 Å². The number of carbonyl (C=O) groups excluding carboxylic acids is 2. The van der Waals surface area contributed by atoms with Gasteiger partial charge >= 0.3 is 23.3 Å². The number of aromatic hydroxyl groups is 3. The number of benzene rings is 2. The zero-order valence-electron chi connectivity index (χ0n) is 25.0. The molecule has 0 spiro atoms. The van der Waals surface area contributed by atoms with Gasteiger partial charge in [0.1, 0.15) is 48.8 Å². The Morgan fingerprint density at radius 2 is 1.60 bits per heavy atom. The second kappa shape index (κ2) is 11.3. The summed E-state index contributed by atoms with van der Waals surface area (Å²) >= 11 is -2.74. The highest BCUT2D eigenvalue weighted by Gasteiger charge is 2.95. The number of esters is 2. The van der Waals surface area contributed by atoms with Gasteiger partial charge in [-0.05, 0) is 37.6 Å². The Hall–Kier alpha value is -3.43. The molecular weight excluding hydrogens is 664 g/mol. The molecule has 7 N–H and O–H groups in total. The highest BCUT2D eigenvalue weighted by molar-refractivity contribution is 7.74. The summed E-state index contributed by atoms with van der Waals surface area (Å²) in [6, 6.07) is 9.82. The third-order valence-electron chi connectivity index (χ3n) is 10.3. The smallest absolute Gasteiger partial charge is 0.338 e.